The summed E-state index contributed by atoms with van der Waals surface area (Å²) in [4.78, 5) is 18.9. The summed E-state index contributed by atoms with van der Waals surface area (Å²) in [6.07, 6.45) is 3.36. The van der Waals surface area contributed by atoms with Gasteiger partial charge in [0, 0.05) is 37.4 Å². The van der Waals surface area contributed by atoms with Crippen molar-refractivity contribution in [3.63, 3.8) is 0 Å². The first-order valence-electron chi connectivity index (χ1n) is 9.77. The van der Waals surface area contributed by atoms with Gasteiger partial charge in [0.1, 0.15) is 23.9 Å². The number of aliphatic imine (C=N–C) groups is 1. The van der Waals surface area contributed by atoms with Crippen molar-refractivity contribution in [2.45, 2.75) is 18.4 Å². The fourth-order valence-corrected chi connectivity index (χ4v) is 3.71. The molecule has 2 N–H and O–H groups in total. The van der Waals surface area contributed by atoms with Crippen LogP contribution in [0.4, 0.5) is 0 Å². The first-order chi connectivity index (χ1) is 14.2. The first-order valence-corrected chi connectivity index (χ1v) is 9.77. The molecule has 29 heavy (non-hydrogen) atoms. The van der Waals surface area contributed by atoms with E-state index in [1.807, 2.05) is 24.3 Å². The SMILES string of the molecule is COC(=O)C1(Oc2ccc3[nH]nc(C4=NCNC(N5CCOCC5)=C4)c3c2)CC1. The second kappa shape index (κ2) is 7.07. The number of hydrogen-bond donors (Lipinski definition) is 2. The van der Waals surface area contributed by atoms with E-state index in [1.54, 1.807) is 0 Å². The van der Waals surface area contributed by atoms with E-state index in [4.69, 9.17) is 14.2 Å². The first kappa shape index (κ1) is 18.0. The van der Waals surface area contributed by atoms with Crippen LogP contribution < -0.4 is 10.1 Å². The average molecular weight is 397 g/mol. The summed E-state index contributed by atoms with van der Waals surface area (Å²) in [6.45, 7) is 3.63. The number of carbonyl (C=O) groups excluding carboxylic acids is 1. The van der Waals surface area contributed by atoms with Crippen LogP contribution in [0.3, 0.4) is 0 Å². The van der Waals surface area contributed by atoms with Gasteiger partial charge in [0.05, 0.1) is 31.6 Å². The van der Waals surface area contributed by atoms with E-state index in [-0.39, 0.29) is 5.97 Å². The Morgan fingerprint density at radius 1 is 1.28 bits per heavy atom. The maximum absolute atomic E-state index is 12.0. The van der Waals surface area contributed by atoms with E-state index in [0.29, 0.717) is 25.3 Å². The summed E-state index contributed by atoms with van der Waals surface area (Å²) in [5, 5.41) is 11.8. The molecule has 0 atom stereocenters. The number of nitrogens with one attached hydrogen (secondary N) is 2. The van der Waals surface area contributed by atoms with Gasteiger partial charge >= 0.3 is 5.97 Å². The van der Waals surface area contributed by atoms with Gasteiger partial charge in [-0.2, -0.15) is 5.10 Å². The van der Waals surface area contributed by atoms with E-state index in [2.05, 4.69) is 25.4 Å². The summed E-state index contributed by atoms with van der Waals surface area (Å²) in [5.74, 6) is 1.32. The molecule has 9 heteroatoms. The molecule has 1 saturated carbocycles. The van der Waals surface area contributed by atoms with E-state index >= 15 is 0 Å². The highest BCUT2D eigenvalue weighted by Gasteiger charge is 2.54. The second-order valence-corrected chi connectivity index (χ2v) is 7.37. The number of aromatic amines is 1. The van der Waals surface area contributed by atoms with Gasteiger partial charge in [-0.25, -0.2) is 4.79 Å². The molecule has 0 radical (unpaired) electrons. The Bertz CT molecular complexity index is 1000. The maximum atomic E-state index is 12.0. The van der Waals surface area contributed by atoms with E-state index in [9.17, 15) is 4.79 Å². The van der Waals surface area contributed by atoms with Crippen molar-refractivity contribution in [2.24, 2.45) is 4.99 Å². The molecule has 1 aromatic heterocycles. The Labute approximate surface area is 167 Å². The van der Waals surface area contributed by atoms with Crippen LogP contribution >= 0.6 is 0 Å². The summed E-state index contributed by atoms with van der Waals surface area (Å²) >= 11 is 0. The molecule has 0 bridgehead atoms. The number of methoxy groups -OCH3 is 1. The molecule has 1 aromatic carbocycles. The lowest BCUT2D eigenvalue weighted by molar-refractivity contribution is -0.151. The van der Waals surface area contributed by atoms with Gasteiger partial charge in [0.2, 0.25) is 5.60 Å². The lowest BCUT2D eigenvalue weighted by Gasteiger charge is -2.32. The molecule has 9 nitrogen and oxygen atoms in total. The zero-order valence-electron chi connectivity index (χ0n) is 16.2. The largest absolute Gasteiger partial charge is 0.476 e. The molecule has 0 amide bonds. The van der Waals surface area contributed by atoms with Crippen molar-refractivity contribution in [3.8, 4) is 5.75 Å². The van der Waals surface area contributed by atoms with Crippen molar-refractivity contribution in [1.82, 2.24) is 20.4 Å². The smallest absolute Gasteiger partial charge is 0.350 e. The molecule has 2 aliphatic heterocycles. The summed E-state index contributed by atoms with van der Waals surface area (Å²) in [5.41, 5.74) is 1.61. The van der Waals surface area contributed by atoms with Crippen LogP contribution in [0.2, 0.25) is 0 Å². The molecule has 3 heterocycles. The van der Waals surface area contributed by atoms with E-state index < -0.39 is 5.60 Å². The quantitative estimate of drug-likeness (QED) is 0.731. The number of ether oxygens (including phenoxy) is 3. The van der Waals surface area contributed by atoms with Crippen LogP contribution in [0.1, 0.15) is 18.5 Å². The number of morpholine rings is 1. The number of esters is 1. The molecule has 0 unspecified atom stereocenters. The van der Waals surface area contributed by atoms with Crippen LogP contribution in [0.15, 0.2) is 35.1 Å². The third-order valence-corrected chi connectivity index (χ3v) is 5.49. The average Bonchev–Trinajstić information content (AvgIpc) is 3.44. The van der Waals surface area contributed by atoms with Gasteiger partial charge in [-0.05, 0) is 18.2 Å². The fraction of sp³-hybridized carbons (Fsp3) is 0.450. The lowest BCUT2D eigenvalue weighted by Crippen LogP contribution is -2.41. The predicted octanol–water partition coefficient (Wildman–Crippen LogP) is 1.17. The van der Waals surface area contributed by atoms with Crippen LogP contribution in [0.25, 0.3) is 10.9 Å². The number of rotatable bonds is 5. The monoisotopic (exact) mass is 397 g/mol. The number of allylic oxidation sites excluding steroid dienone is 1. The van der Waals surface area contributed by atoms with E-state index in [0.717, 1.165) is 54.4 Å². The lowest BCUT2D eigenvalue weighted by atomic mass is 10.1. The van der Waals surface area contributed by atoms with Gasteiger partial charge in [0.15, 0.2) is 0 Å². The number of carbonyl (C=O) groups is 1. The van der Waals surface area contributed by atoms with Crippen molar-refractivity contribution >= 4 is 22.6 Å². The molecule has 2 fully saturated rings. The highest BCUT2D eigenvalue weighted by molar-refractivity contribution is 6.15. The topological polar surface area (TPSA) is 101 Å². The van der Waals surface area contributed by atoms with Crippen LogP contribution in [0.5, 0.6) is 5.75 Å². The van der Waals surface area contributed by atoms with Crippen molar-refractivity contribution in [2.75, 3.05) is 40.1 Å². The van der Waals surface area contributed by atoms with Crippen LogP contribution in [0, 0.1) is 0 Å². The summed E-state index contributed by atoms with van der Waals surface area (Å²) < 4.78 is 16.3. The summed E-state index contributed by atoms with van der Waals surface area (Å²) in [6, 6.07) is 5.65. The van der Waals surface area contributed by atoms with Gasteiger partial charge < -0.3 is 24.4 Å². The Kier molecular flexibility index (Phi) is 4.39. The number of fused-ring (bicyclic) bond motifs is 1. The number of benzene rings is 1. The van der Waals surface area contributed by atoms with Crippen molar-refractivity contribution < 1.29 is 19.0 Å². The summed E-state index contributed by atoms with van der Waals surface area (Å²) in [7, 11) is 1.39. The molecule has 3 aliphatic rings. The molecule has 152 valence electrons. The Morgan fingerprint density at radius 3 is 2.86 bits per heavy atom. The fourth-order valence-electron chi connectivity index (χ4n) is 3.71. The molecular weight excluding hydrogens is 374 g/mol. The minimum Gasteiger partial charge on any atom is -0.476 e. The van der Waals surface area contributed by atoms with Crippen LogP contribution in [-0.4, -0.2) is 72.5 Å². The third-order valence-electron chi connectivity index (χ3n) is 5.49. The minimum absolute atomic E-state index is 0.328. The Balaban J connectivity index is 1.44. The number of hydrogen-bond acceptors (Lipinski definition) is 8. The van der Waals surface area contributed by atoms with Gasteiger partial charge in [-0.15, -0.1) is 0 Å². The number of aromatic nitrogens is 2. The van der Waals surface area contributed by atoms with Crippen molar-refractivity contribution in [3.05, 3.63) is 35.8 Å². The standard InChI is InChI=1S/C20H23N5O4/c1-27-19(26)20(4-5-20)29-13-2-3-15-14(10-13)18(24-23-15)16-11-17(22-12-21-16)25-6-8-28-9-7-25/h2-3,10-11,22H,4-9,12H2,1H3,(H,23,24). The zero-order valence-corrected chi connectivity index (χ0v) is 16.2. The second-order valence-electron chi connectivity index (χ2n) is 7.37. The maximum Gasteiger partial charge on any atom is 0.350 e. The molecule has 1 saturated heterocycles. The van der Waals surface area contributed by atoms with Crippen molar-refractivity contribution in [1.29, 1.82) is 0 Å². The molecule has 0 spiro atoms. The highest BCUT2D eigenvalue weighted by atomic mass is 16.6. The van der Waals surface area contributed by atoms with Gasteiger partial charge in [-0.3, -0.25) is 10.1 Å². The molecule has 1 aliphatic carbocycles. The normalized spacial score (nSPS) is 20.5. The minimum atomic E-state index is -0.845. The Morgan fingerprint density at radius 2 is 2.10 bits per heavy atom. The van der Waals surface area contributed by atoms with E-state index in [1.165, 1.54) is 7.11 Å². The predicted molar refractivity (Wildman–Crippen MR) is 106 cm³/mol. The zero-order chi connectivity index (χ0) is 19.8. The molecular formula is C20H23N5O4. The molecule has 5 rings (SSSR count). The van der Waals surface area contributed by atoms with Gasteiger partial charge in [0.25, 0.3) is 0 Å². The Hall–Kier alpha value is -3.07. The van der Waals surface area contributed by atoms with Crippen LogP contribution in [-0.2, 0) is 14.3 Å². The number of nitrogens with zero attached hydrogens (tertiary/aromatic N) is 3. The van der Waals surface area contributed by atoms with Gasteiger partial charge in [-0.1, -0.05) is 0 Å². The highest BCUT2D eigenvalue weighted by Crippen LogP contribution is 2.42. The third kappa shape index (κ3) is 3.31. The number of H-pyrrole nitrogens is 1. The molecule has 2 aromatic rings.